The van der Waals surface area contributed by atoms with E-state index in [0.29, 0.717) is 29.7 Å². The molecular weight excluding hydrogens is 323 g/mol. The Labute approximate surface area is 143 Å². The molecule has 0 spiro atoms. The van der Waals surface area contributed by atoms with E-state index in [4.69, 9.17) is 22.1 Å². The number of hydrogen-bond donors (Lipinski definition) is 2. The van der Waals surface area contributed by atoms with E-state index in [2.05, 4.69) is 5.32 Å². The summed E-state index contributed by atoms with van der Waals surface area (Å²) in [6.45, 7) is 2.40. The number of nitrogens with two attached hydrogens (primary N) is 1. The van der Waals surface area contributed by atoms with E-state index in [1.54, 1.807) is 12.1 Å². The first kappa shape index (κ1) is 19.1. The normalized spacial score (nSPS) is 21.8. The Hall–Kier alpha value is -0.970. The molecule has 1 aliphatic rings. The second kappa shape index (κ2) is 9.23. The summed E-state index contributed by atoms with van der Waals surface area (Å²) in [7, 11) is 0. The third kappa shape index (κ3) is 6.03. The Bertz CT molecular complexity index is 485. The van der Waals surface area contributed by atoms with Gasteiger partial charge in [-0.1, -0.05) is 24.1 Å². The summed E-state index contributed by atoms with van der Waals surface area (Å²) in [5.74, 6) is 1.09. The average molecular weight is 347 g/mol. The second-order valence-electron chi connectivity index (χ2n) is 5.75. The van der Waals surface area contributed by atoms with Gasteiger partial charge in [-0.3, -0.25) is 4.79 Å². The van der Waals surface area contributed by atoms with Crippen LogP contribution in [0, 0.1) is 5.92 Å². The molecule has 0 aromatic heterocycles. The molecule has 0 radical (unpaired) electrons. The highest BCUT2D eigenvalue weighted by Gasteiger charge is 2.26. The van der Waals surface area contributed by atoms with E-state index in [1.807, 2.05) is 19.1 Å². The van der Waals surface area contributed by atoms with E-state index in [0.717, 1.165) is 19.3 Å². The predicted molar refractivity (Wildman–Crippen MR) is 91.7 cm³/mol. The number of rotatable bonds is 6. The van der Waals surface area contributed by atoms with Gasteiger partial charge in [0.2, 0.25) is 5.91 Å². The highest BCUT2D eigenvalue weighted by atomic mass is 35.5. The molecule has 2 rings (SSSR count). The molecule has 3 atom stereocenters. The fourth-order valence-electron chi connectivity index (χ4n) is 2.70. The minimum absolute atomic E-state index is 0. The SMILES string of the molecule is CC(CNC(=O)C[C@@H]1CCC[C@H]1N)Oc1cccc(Cl)c1.Cl. The van der Waals surface area contributed by atoms with E-state index in [-0.39, 0.29) is 30.5 Å². The molecule has 3 N–H and O–H groups in total. The van der Waals surface area contributed by atoms with Gasteiger partial charge in [-0.15, -0.1) is 12.4 Å². The minimum atomic E-state index is -0.107. The van der Waals surface area contributed by atoms with Gasteiger partial charge < -0.3 is 15.8 Å². The minimum Gasteiger partial charge on any atom is -0.489 e. The molecule has 0 aliphatic heterocycles. The predicted octanol–water partition coefficient (Wildman–Crippen LogP) is 3.16. The van der Waals surface area contributed by atoms with E-state index in [1.165, 1.54) is 0 Å². The number of benzene rings is 1. The molecule has 4 nitrogen and oxygen atoms in total. The third-order valence-electron chi connectivity index (χ3n) is 3.89. The average Bonchev–Trinajstić information content (AvgIpc) is 2.82. The first-order valence-electron chi connectivity index (χ1n) is 7.49. The van der Waals surface area contributed by atoms with Gasteiger partial charge in [0.25, 0.3) is 0 Å². The Morgan fingerprint density at radius 2 is 2.27 bits per heavy atom. The molecule has 1 aliphatic carbocycles. The summed E-state index contributed by atoms with van der Waals surface area (Å²) >= 11 is 5.90. The first-order valence-corrected chi connectivity index (χ1v) is 7.87. The van der Waals surface area contributed by atoms with Crippen LogP contribution in [0.4, 0.5) is 0 Å². The van der Waals surface area contributed by atoms with Gasteiger partial charge >= 0.3 is 0 Å². The zero-order valence-electron chi connectivity index (χ0n) is 12.8. The van der Waals surface area contributed by atoms with Crippen LogP contribution < -0.4 is 15.8 Å². The maximum absolute atomic E-state index is 11.9. The largest absolute Gasteiger partial charge is 0.489 e. The van der Waals surface area contributed by atoms with Crippen molar-refractivity contribution in [3.8, 4) is 5.75 Å². The van der Waals surface area contributed by atoms with Crippen LogP contribution >= 0.6 is 24.0 Å². The van der Waals surface area contributed by atoms with Gasteiger partial charge in [-0.05, 0) is 43.9 Å². The summed E-state index contributed by atoms with van der Waals surface area (Å²) in [5, 5.41) is 3.55. The smallest absolute Gasteiger partial charge is 0.220 e. The highest BCUT2D eigenvalue weighted by Crippen LogP contribution is 2.26. The number of ether oxygens (including phenoxy) is 1. The van der Waals surface area contributed by atoms with E-state index >= 15 is 0 Å². The van der Waals surface area contributed by atoms with E-state index in [9.17, 15) is 4.79 Å². The lowest BCUT2D eigenvalue weighted by atomic mass is 10.00. The zero-order chi connectivity index (χ0) is 15.2. The number of halogens is 2. The van der Waals surface area contributed by atoms with Crippen molar-refractivity contribution in [3.05, 3.63) is 29.3 Å². The third-order valence-corrected chi connectivity index (χ3v) is 4.12. The number of hydrogen-bond acceptors (Lipinski definition) is 3. The standard InChI is InChI=1S/C16H23ClN2O2.ClH/c1-11(21-14-6-3-5-13(17)9-14)10-19-16(20)8-12-4-2-7-15(12)18;/h3,5-6,9,11-12,15H,2,4,7-8,10,18H2,1H3,(H,19,20);1H/t11?,12-,15+;/m0./s1. The van der Waals surface area contributed by atoms with Gasteiger partial charge in [0, 0.05) is 17.5 Å². The second-order valence-corrected chi connectivity index (χ2v) is 6.19. The van der Waals surface area contributed by atoms with Crippen molar-refractivity contribution in [2.45, 2.75) is 44.8 Å². The molecule has 0 bridgehead atoms. The zero-order valence-corrected chi connectivity index (χ0v) is 14.3. The maximum Gasteiger partial charge on any atom is 0.220 e. The van der Waals surface area contributed by atoms with Gasteiger partial charge in [0.05, 0.1) is 6.54 Å². The number of carbonyl (C=O) groups excluding carboxylic acids is 1. The number of carbonyl (C=O) groups is 1. The van der Waals surface area contributed by atoms with Gasteiger partial charge in [-0.25, -0.2) is 0 Å². The molecule has 1 aromatic carbocycles. The molecule has 6 heteroatoms. The molecular formula is C16H24Cl2N2O2. The monoisotopic (exact) mass is 346 g/mol. The van der Waals surface area contributed by atoms with Crippen molar-refractivity contribution in [2.75, 3.05) is 6.54 Å². The van der Waals surface area contributed by atoms with Crippen LogP contribution in [0.1, 0.15) is 32.6 Å². The van der Waals surface area contributed by atoms with Crippen LogP contribution in [0.2, 0.25) is 5.02 Å². The van der Waals surface area contributed by atoms with Crippen molar-refractivity contribution >= 4 is 29.9 Å². The Kier molecular flexibility index (Phi) is 8.01. The van der Waals surface area contributed by atoms with E-state index < -0.39 is 0 Å². The molecule has 1 fully saturated rings. The molecule has 0 saturated heterocycles. The fourth-order valence-corrected chi connectivity index (χ4v) is 2.88. The summed E-state index contributed by atoms with van der Waals surface area (Å²) in [5.41, 5.74) is 5.98. The summed E-state index contributed by atoms with van der Waals surface area (Å²) in [6.07, 6.45) is 3.64. The van der Waals surface area contributed by atoms with Crippen molar-refractivity contribution in [1.82, 2.24) is 5.32 Å². The van der Waals surface area contributed by atoms with Crippen molar-refractivity contribution < 1.29 is 9.53 Å². The first-order chi connectivity index (χ1) is 10.0. The maximum atomic E-state index is 11.9. The quantitative estimate of drug-likeness (QED) is 0.831. The Balaban J connectivity index is 0.00000242. The lowest BCUT2D eigenvalue weighted by Gasteiger charge is -2.18. The molecule has 0 heterocycles. The fraction of sp³-hybridized carbons (Fsp3) is 0.562. The molecule has 1 amide bonds. The topological polar surface area (TPSA) is 64.4 Å². The van der Waals surface area contributed by atoms with Gasteiger partial charge in [-0.2, -0.15) is 0 Å². The Morgan fingerprint density at radius 1 is 1.50 bits per heavy atom. The molecule has 1 unspecified atom stereocenters. The van der Waals surface area contributed by atoms with Crippen LogP contribution in [0.5, 0.6) is 5.75 Å². The molecule has 1 aromatic rings. The summed E-state index contributed by atoms with van der Waals surface area (Å²) < 4.78 is 5.71. The van der Waals surface area contributed by atoms with Crippen molar-refractivity contribution in [1.29, 1.82) is 0 Å². The number of amides is 1. The summed E-state index contributed by atoms with van der Waals surface area (Å²) in [4.78, 5) is 11.9. The summed E-state index contributed by atoms with van der Waals surface area (Å²) in [6, 6.07) is 7.42. The van der Waals surface area contributed by atoms with Crippen LogP contribution in [0.25, 0.3) is 0 Å². The van der Waals surface area contributed by atoms with Crippen LogP contribution in [0.3, 0.4) is 0 Å². The van der Waals surface area contributed by atoms with Crippen molar-refractivity contribution in [3.63, 3.8) is 0 Å². The van der Waals surface area contributed by atoms with Gasteiger partial charge in [0.1, 0.15) is 11.9 Å². The van der Waals surface area contributed by atoms with Crippen LogP contribution in [0.15, 0.2) is 24.3 Å². The Morgan fingerprint density at radius 3 is 2.91 bits per heavy atom. The molecule has 22 heavy (non-hydrogen) atoms. The lowest BCUT2D eigenvalue weighted by molar-refractivity contribution is -0.122. The van der Waals surface area contributed by atoms with Crippen LogP contribution in [-0.2, 0) is 4.79 Å². The lowest BCUT2D eigenvalue weighted by Crippen LogP contribution is -2.36. The number of nitrogens with one attached hydrogen (secondary N) is 1. The van der Waals surface area contributed by atoms with Gasteiger partial charge in [0.15, 0.2) is 0 Å². The van der Waals surface area contributed by atoms with Crippen molar-refractivity contribution in [2.24, 2.45) is 11.7 Å². The molecule has 1 saturated carbocycles. The highest BCUT2D eigenvalue weighted by molar-refractivity contribution is 6.30. The van der Waals surface area contributed by atoms with Crippen LogP contribution in [-0.4, -0.2) is 24.6 Å². The molecule has 124 valence electrons.